The SMILES string of the molecule is CC(C)Cn1c(N/N=C\c2ccc(OCc3ccccc3)cc2)nc2c1c(=O)n(C)c(=O)n2C. The lowest BCUT2D eigenvalue weighted by molar-refractivity contribution is 0.306. The number of rotatable bonds is 8. The number of anilines is 1. The molecule has 0 aliphatic heterocycles. The lowest BCUT2D eigenvalue weighted by Crippen LogP contribution is -2.37. The highest BCUT2D eigenvalue weighted by molar-refractivity contribution is 5.80. The van der Waals surface area contributed by atoms with E-state index in [1.54, 1.807) is 17.8 Å². The zero-order chi connectivity index (χ0) is 24.2. The van der Waals surface area contributed by atoms with E-state index in [0.717, 1.165) is 21.4 Å². The fraction of sp³-hybridized carbons (Fsp3) is 0.280. The van der Waals surface area contributed by atoms with Crippen LogP contribution >= 0.6 is 0 Å². The quantitative estimate of drug-likeness (QED) is 0.322. The number of hydrogen-bond donors (Lipinski definition) is 1. The number of hydrogen-bond acceptors (Lipinski definition) is 6. The number of aromatic nitrogens is 4. The molecule has 0 saturated heterocycles. The van der Waals surface area contributed by atoms with Crippen LogP contribution in [-0.4, -0.2) is 24.9 Å². The van der Waals surface area contributed by atoms with Gasteiger partial charge in [-0.25, -0.2) is 10.2 Å². The van der Waals surface area contributed by atoms with Gasteiger partial charge in [-0.05, 0) is 41.3 Å². The number of benzene rings is 2. The van der Waals surface area contributed by atoms with Gasteiger partial charge in [0.25, 0.3) is 5.56 Å². The van der Waals surface area contributed by atoms with Crippen molar-refractivity contribution in [3.8, 4) is 5.75 Å². The van der Waals surface area contributed by atoms with E-state index in [9.17, 15) is 9.59 Å². The van der Waals surface area contributed by atoms with Gasteiger partial charge in [-0.15, -0.1) is 0 Å². The van der Waals surface area contributed by atoms with Crippen LogP contribution in [0.2, 0.25) is 0 Å². The van der Waals surface area contributed by atoms with Crippen LogP contribution in [-0.2, 0) is 27.2 Å². The average Bonchev–Trinajstić information content (AvgIpc) is 3.19. The van der Waals surface area contributed by atoms with Crippen LogP contribution in [0, 0.1) is 5.92 Å². The summed E-state index contributed by atoms with van der Waals surface area (Å²) in [7, 11) is 3.07. The maximum Gasteiger partial charge on any atom is 0.332 e. The number of nitrogens with one attached hydrogen (secondary N) is 1. The summed E-state index contributed by atoms with van der Waals surface area (Å²) in [6.07, 6.45) is 1.66. The molecule has 1 N–H and O–H groups in total. The van der Waals surface area contributed by atoms with Gasteiger partial charge in [0.1, 0.15) is 12.4 Å². The fourth-order valence-electron chi connectivity index (χ4n) is 3.63. The van der Waals surface area contributed by atoms with Gasteiger partial charge in [0.2, 0.25) is 5.95 Å². The molecule has 9 nitrogen and oxygen atoms in total. The number of nitrogens with zero attached hydrogens (tertiary/aromatic N) is 5. The molecule has 0 fully saturated rings. The van der Waals surface area contributed by atoms with Crippen LogP contribution in [0.25, 0.3) is 11.2 Å². The number of hydrazone groups is 1. The molecule has 0 spiro atoms. The van der Waals surface area contributed by atoms with Crippen molar-refractivity contribution in [1.29, 1.82) is 0 Å². The van der Waals surface area contributed by atoms with Crippen molar-refractivity contribution in [3.05, 3.63) is 86.6 Å². The third-order valence-electron chi connectivity index (χ3n) is 5.40. The first-order chi connectivity index (χ1) is 16.3. The minimum absolute atomic E-state index is 0.257. The second-order valence-electron chi connectivity index (χ2n) is 8.53. The maximum absolute atomic E-state index is 12.8. The molecule has 34 heavy (non-hydrogen) atoms. The number of fused-ring (bicyclic) bond motifs is 1. The van der Waals surface area contributed by atoms with Crippen molar-refractivity contribution in [1.82, 2.24) is 18.7 Å². The first-order valence-electron chi connectivity index (χ1n) is 11.1. The predicted molar refractivity (Wildman–Crippen MR) is 133 cm³/mol. The summed E-state index contributed by atoms with van der Waals surface area (Å²) in [4.78, 5) is 29.6. The summed E-state index contributed by atoms with van der Waals surface area (Å²) >= 11 is 0. The number of ether oxygens (including phenoxy) is 1. The summed E-state index contributed by atoms with van der Waals surface area (Å²) in [6, 6.07) is 17.6. The molecule has 0 aliphatic carbocycles. The van der Waals surface area contributed by atoms with Crippen LogP contribution in [0.1, 0.15) is 25.0 Å². The highest BCUT2D eigenvalue weighted by atomic mass is 16.5. The lowest BCUT2D eigenvalue weighted by Gasteiger charge is -2.11. The zero-order valence-electron chi connectivity index (χ0n) is 19.7. The Kier molecular flexibility index (Phi) is 6.62. The van der Waals surface area contributed by atoms with E-state index in [-0.39, 0.29) is 11.5 Å². The second-order valence-corrected chi connectivity index (χ2v) is 8.53. The van der Waals surface area contributed by atoms with Crippen LogP contribution in [0.15, 0.2) is 69.3 Å². The molecule has 9 heteroatoms. The van der Waals surface area contributed by atoms with Crippen molar-refractivity contribution in [2.24, 2.45) is 25.1 Å². The normalized spacial score (nSPS) is 11.6. The summed E-state index contributed by atoms with van der Waals surface area (Å²) < 4.78 is 10.1. The van der Waals surface area contributed by atoms with Gasteiger partial charge in [0, 0.05) is 20.6 Å². The Labute approximate surface area is 196 Å². The Bertz CT molecular complexity index is 1430. The molecule has 4 rings (SSSR count). The molecule has 2 heterocycles. The topological polar surface area (TPSA) is 95.4 Å². The predicted octanol–water partition coefficient (Wildman–Crippen LogP) is 3.11. The molecule has 0 unspecified atom stereocenters. The van der Waals surface area contributed by atoms with Crippen molar-refractivity contribution in [2.45, 2.75) is 27.0 Å². The molecule has 0 amide bonds. The van der Waals surface area contributed by atoms with E-state index in [0.29, 0.717) is 30.3 Å². The third-order valence-corrected chi connectivity index (χ3v) is 5.40. The molecule has 0 bridgehead atoms. The molecule has 0 saturated carbocycles. The van der Waals surface area contributed by atoms with E-state index < -0.39 is 5.69 Å². The van der Waals surface area contributed by atoms with E-state index in [4.69, 9.17) is 4.74 Å². The Morgan fingerprint density at radius 1 is 1.03 bits per heavy atom. The van der Waals surface area contributed by atoms with Gasteiger partial charge in [-0.1, -0.05) is 44.2 Å². The smallest absolute Gasteiger partial charge is 0.332 e. The zero-order valence-corrected chi connectivity index (χ0v) is 19.7. The van der Waals surface area contributed by atoms with Gasteiger partial charge in [0.15, 0.2) is 11.2 Å². The highest BCUT2D eigenvalue weighted by Gasteiger charge is 2.19. The maximum atomic E-state index is 12.8. The first-order valence-corrected chi connectivity index (χ1v) is 11.1. The molecule has 0 radical (unpaired) electrons. The van der Waals surface area contributed by atoms with Crippen LogP contribution < -0.4 is 21.4 Å². The van der Waals surface area contributed by atoms with Crippen molar-refractivity contribution >= 4 is 23.3 Å². The number of imidazole rings is 1. The summed E-state index contributed by atoms with van der Waals surface area (Å²) in [5.41, 5.74) is 4.81. The molecular weight excluding hydrogens is 432 g/mol. The summed E-state index contributed by atoms with van der Waals surface area (Å²) in [5, 5.41) is 4.31. The summed E-state index contributed by atoms with van der Waals surface area (Å²) in [6.45, 7) is 5.15. The van der Waals surface area contributed by atoms with E-state index in [1.807, 2.05) is 68.4 Å². The highest BCUT2D eigenvalue weighted by Crippen LogP contribution is 2.18. The Morgan fingerprint density at radius 2 is 1.74 bits per heavy atom. The van der Waals surface area contributed by atoms with E-state index in [2.05, 4.69) is 15.5 Å². The third kappa shape index (κ3) is 4.78. The van der Waals surface area contributed by atoms with Crippen LogP contribution in [0.5, 0.6) is 5.75 Å². The first kappa shape index (κ1) is 23.0. The Balaban J connectivity index is 1.53. The Hall–Kier alpha value is -4.14. The van der Waals surface area contributed by atoms with Crippen molar-refractivity contribution < 1.29 is 4.74 Å². The number of aryl methyl sites for hydroxylation is 1. The fourth-order valence-corrected chi connectivity index (χ4v) is 3.63. The van der Waals surface area contributed by atoms with Gasteiger partial charge in [0.05, 0.1) is 6.21 Å². The standard InChI is InChI=1S/C25H28N6O3/c1-17(2)15-31-21-22(29(3)25(33)30(4)23(21)32)27-24(31)28-26-14-18-10-12-20(13-11-18)34-16-19-8-6-5-7-9-19/h5-14,17H,15-16H2,1-4H3,(H,27,28)/b26-14-. The molecule has 2 aromatic carbocycles. The molecule has 176 valence electrons. The largest absolute Gasteiger partial charge is 0.489 e. The van der Waals surface area contributed by atoms with Crippen molar-refractivity contribution in [3.63, 3.8) is 0 Å². The van der Waals surface area contributed by atoms with Crippen LogP contribution in [0.4, 0.5) is 5.95 Å². The lowest BCUT2D eigenvalue weighted by atomic mass is 10.2. The minimum Gasteiger partial charge on any atom is -0.489 e. The second kappa shape index (κ2) is 9.78. The monoisotopic (exact) mass is 460 g/mol. The minimum atomic E-state index is -0.420. The Morgan fingerprint density at radius 3 is 2.41 bits per heavy atom. The van der Waals surface area contributed by atoms with Gasteiger partial charge < -0.3 is 9.30 Å². The molecule has 0 aliphatic rings. The van der Waals surface area contributed by atoms with Gasteiger partial charge in [-0.3, -0.25) is 13.9 Å². The van der Waals surface area contributed by atoms with Crippen LogP contribution in [0.3, 0.4) is 0 Å². The van der Waals surface area contributed by atoms with E-state index in [1.165, 1.54) is 11.6 Å². The average molecular weight is 461 g/mol. The molecule has 2 aromatic heterocycles. The van der Waals surface area contributed by atoms with Gasteiger partial charge in [-0.2, -0.15) is 10.1 Å². The summed E-state index contributed by atoms with van der Waals surface area (Å²) in [5.74, 6) is 1.43. The molecule has 4 aromatic rings. The van der Waals surface area contributed by atoms with Gasteiger partial charge >= 0.3 is 5.69 Å². The van der Waals surface area contributed by atoms with Crippen molar-refractivity contribution in [2.75, 3.05) is 5.43 Å². The molecular formula is C25H28N6O3. The molecule has 0 atom stereocenters. The van der Waals surface area contributed by atoms with E-state index >= 15 is 0 Å².